The molecular formula is C10H7ClF2N2O2. The number of nitriles is 1. The minimum Gasteiger partial charge on any atom is -0.462 e. The molecule has 0 amide bonds. The third-order valence-corrected chi connectivity index (χ3v) is 2.17. The third kappa shape index (κ3) is 2.68. The average Bonchev–Trinajstić information content (AvgIpc) is 2.28. The van der Waals surface area contributed by atoms with Gasteiger partial charge in [-0.3, -0.25) is 0 Å². The lowest BCUT2D eigenvalue weighted by Crippen LogP contribution is -2.12. The van der Waals surface area contributed by atoms with E-state index < -0.39 is 29.1 Å². The highest BCUT2D eigenvalue weighted by Crippen LogP contribution is 2.28. The zero-order valence-electron chi connectivity index (χ0n) is 8.71. The topological polar surface area (TPSA) is 63.0 Å². The first kappa shape index (κ1) is 13.3. The van der Waals surface area contributed by atoms with Gasteiger partial charge in [-0.25, -0.2) is 18.6 Å². The number of carbonyl (C=O) groups is 1. The highest BCUT2D eigenvalue weighted by atomic mass is 35.5. The number of rotatable bonds is 3. The molecule has 17 heavy (non-hydrogen) atoms. The zero-order valence-corrected chi connectivity index (χ0v) is 9.46. The molecule has 0 unspecified atom stereocenters. The molecule has 0 saturated heterocycles. The number of halogens is 3. The molecule has 7 heteroatoms. The van der Waals surface area contributed by atoms with E-state index in [9.17, 15) is 13.6 Å². The van der Waals surface area contributed by atoms with Gasteiger partial charge >= 0.3 is 5.97 Å². The first-order valence-electron chi connectivity index (χ1n) is 4.56. The van der Waals surface area contributed by atoms with Gasteiger partial charge in [-0.15, -0.1) is 0 Å². The lowest BCUT2D eigenvalue weighted by Gasteiger charge is -2.09. The number of ether oxygens (including phenoxy) is 1. The Bertz CT molecular complexity index is 486. The van der Waals surface area contributed by atoms with Crippen LogP contribution in [0, 0.1) is 11.3 Å². The van der Waals surface area contributed by atoms with Crippen LogP contribution in [0.5, 0.6) is 0 Å². The van der Waals surface area contributed by atoms with E-state index in [1.807, 2.05) is 0 Å². The van der Waals surface area contributed by atoms with Crippen LogP contribution >= 0.6 is 11.6 Å². The second-order valence-corrected chi connectivity index (χ2v) is 3.25. The fraction of sp³-hybridized carbons (Fsp3) is 0.300. The molecule has 1 aromatic heterocycles. The zero-order chi connectivity index (χ0) is 13.0. The molecule has 0 aromatic carbocycles. The molecule has 1 aromatic rings. The van der Waals surface area contributed by atoms with Crippen molar-refractivity contribution in [1.82, 2.24) is 4.98 Å². The van der Waals surface area contributed by atoms with E-state index in [1.165, 1.54) is 6.92 Å². The number of nitrogens with zero attached hydrogens (tertiary/aromatic N) is 2. The van der Waals surface area contributed by atoms with Crippen molar-refractivity contribution in [3.8, 4) is 6.07 Å². The van der Waals surface area contributed by atoms with Crippen LogP contribution in [-0.4, -0.2) is 17.6 Å². The highest BCUT2D eigenvalue weighted by Gasteiger charge is 2.25. The lowest BCUT2D eigenvalue weighted by molar-refractivity contribution is 0.0514. The molecule has 0 aliphatic rings. The number of alkyl halides is 2. The van der Waals surface area contributed by atoms with Crippen LogP contribution in [0.15, 0.2) is 6.20 Å². The van der Waals surface area contributed by atoms with Gasteiger partial charge in [0.1, 0.15) is 16.8 Å². The molecule has 0 N–H and O–H groups in total. The van der Waals surface area contributed by atoms with Crippen molar-refractivity contribution < 1.29 is 18.3 Å². The van der Waals surface area contributed by atoms with Crippen molar-refractivity contribution in [3.63, 3.8) is 0 Å². The minimum absolute atomic E-state index is 0.00627. The van der Waals surface area contributed by atoms with E-state index in [0.717, 1.165) is 6.20 Å². The van der Waals surface area contributed by atoms with Crippen molar-refractivity contribution in [2.24, 2.45) is 0 Å². The number of hydrogen-bond acceptors (Lipinski definition) is 4. The minimum atomic E-state index is -2.94. The summed E-state index contributed by atoms with van der Waals surface area (Å²) >= 11 is 5.56. The number of aromatic nitrogens is 1. The van der Waals surface area contributed by atoms with E-state index >= 15 is 0 Å². The summed E-state index contributed by atoms with van der Waals surface area (Å²) in [5, 5.41) is 8.49. The van der Waals surface area contributed by atoms with E-state index in [4.69, 9.17) is 16.9 Å². The lowest BCUT2D eigenvalue weighted by atomic mass is 10.1. The summed E-state index contributed by atoms with van der Waals surface area (Å²) in [6.07, 6.45) is -2.17. The SMILES string of the molecule is CCOC(=O)c1c(C(F)F)cnc(Cl)c1C#N. The number of carbonyl (C=O) groups excluding carboxylic acids is 1. The number of hydrogen-bond donors (Lipinski definition) is 0. The predicted molar refractivity (Wildman–Crippen MR) is 54.9 cm³/mol. The third-order valence-electron chi connectivity index (χ3n) is 1.89. The van der Waals surface area contributed by atoms with Crippen LogP contribution in [0.25, 0.3) is 0 Å². The van der Waals surface area contributed by atoms with Gasteiger partial charge in [0.2, 0.25) is 0 Å². The summed E-state index contributed by atoms with van der Waals surface area (Å²) in [6.45, 7) is 1.53. The van der Waals surface area contributed by atoms with E-state index in [1.54, 1.807) is 6.07 Å². The fourth-order valence-electron chi connectivity index (χ4n) is 1.19. The predicted octanol–water partition coefficient (Wildman–Crippen LogP) is 2.72. The second kappa shape index (κ2) is 5.55. The van der Waals surface area contributed by atoms with Crippen LogP contribution in [0.4, 0.5) is 8.78 Å². The molecule has 90 valence electrons. The molecule has 0 radical (unpaired) electrons. The molecule has 4 nitrogen and oxygen atoms in total. The molecule has 0 saturated carbocycles. The first-order chi connectivity index (χ1) is 8.02. The molecule has 0 bridgehead atoms. The average molecular weight is 261 g/mol. The van der Waals surface area contributed by atoms with Crippen LogP contribution < -0.4 is 0 Å². The Kier molecular flexibility index (Phi) is 4.35. The maximum Gasteiger partial charge on any atom is 0.340 e. The van der Waals surface area contributed by atoms with Crippen molar-refractivity contribution in [1.29, 1.82) is 5.26 Å². The van der Waals surface area contributed by atoms with E-state index in [0.29, 0.717) is 0 Å². The highest BCUT2D eigenvalue weighted by molar-refractivity contribution is 6.31. The molecule has 0 aliphatic heterocycles. The quantitative estimate of drug-likeness (QED) is 0.619. The molecule has 1 heterocycles. The van der Waals surface area contributed by atoms with E-state index in [2.05, 4.69) is 9.72 Å². The van der Waals surface area contributed by atoms with Crippen LogP contribution in [0.3, 0.4) is 0 Å². The van der Waals surface area contributed by atoms with Gasteiger partial charge in [-0.1, -0.05) is 11.6 Å². The number of pyridine rings is 1. The van der Waals surface area contributed by atoms with Crippen LogP contribution in [0.1, 0.15) is 34.8 Å². The summed E-state index contributed by atoms with van der Waals surface area (Å²) in [5.41, 5.74) is -1.59. The van der Waals surface area contributed by atoms with Gasteiger partial charge in [0.05, 0.1) is 17.7 Å². The van der Waals surface area contributed by atoms with Crippen molar-refractivity contribution in [3.05, 3.63) is 28.0 Å². The number of esters is 1. The Balaban J connectivity index is 3.45. The molecule has 0 fully saturated rings. The molecular weight excluding hydrogens is 254 g/mol. The van der Waals surface area contributed by atoms with E-state index in [-0.39, 0.29) is 11.8 Å². The Morgan fingerprint density at radius 2 is 2.35 bits per heavy atom. The second-order valence-electron chi connectivity index (χ2n) is 2.89. The Labute approximate surface area is 101 Å². The van der Waals surface area contributed by atoms with Gasteiger partial charge in [-0.05, 0) is 6.92 Å². The maximum atomic E-state index is 12.7. The first-order valence-corrected chi connectivity index (χ1v) is 4.94. The van der Waals surface area contributed by atoms with Crippen LogP contribution in [0.2, 0.25) is 5.15 Å². The molecule has 0 aliphatic carbocycles. The van der Waals surface area contributed by atoms with Crippen molar-refractivity contribution in [2.75, 3.05) is 6.61 Å². The summed E-state index contributed by atoms with van der Waals surface area (Å²) in [5.74, 6) is -1.01. The van der Waals surface area contributed by atoms with Crippen molar-refractivity contribution >= 4 is 17.6 Å². The van der Waals surface area contributed by atoms with Gasteiger partial charge in [-0.2, -0.15) is 5.26 Å². The van der Waals surface area contributed by atoms with Gasteiger partial charge in [0.15, 0.2) is 0 Å². The Hall–Kier alpha value is -1.74. The summed E-state index contributed by atoms with van der Waals surface area (Å²) in [4.78, 5) is 14.9. The largest absolute Gasteiger partial charge is 0.462 e. The van der Waals surface area contributed by atoms with Gasteiger partial charge in [0, 0.05) is 6.20 Å². The summed E-state index contributed by atoms with van der Waals surface area (Å²) in [7, 11) is 0. The Morgan fingerprint density at radius 1 is 1.71 bits per heavy atom. The van der Waals surface area contributed by atoms with Gasteiger partial charge < -0.3 is 4.74 Å². The summed E-state index contributed by atoms with van der Waals surface area (Å²) in [6, 6.07) is 1.57. The van der Waals surface area contributed by atoms with Gasteiger partial charge in [0.25, 0.3) is 6.43 Å². The molecule has 0 spiro atoms. The smallest absolute Gasteiger partial charge is 0.340 e. The monoisotopic (exact) mass is 260 g/mol. The maximum absolute atomic E-state index is 12.7. The Morgan fingerprint density at radius 3 is 2.82 bits per heavy atom. The normalized spacial score (nSPS) is 10.1. The molecule has 1 rings (SSSR count). The molecule has 0 atom stereocenters. The van der Waals surface area contributed by atoms with Crippen molar-refractivity contribution in [2.45, 2.75) is 13.3 Å². The standard InChI is InChI=1S/C10H7ClF2N2O2/c1-2-17-10(16)7-5(3-14)8(11)15-4-6(7)9(12)13/h4,9H,2H2,1H3. The van der Waals surface area contributed by atoms with Crippen LogP contribution in [-0.2, 0) is 4.74 Å². The fourth-order valence-corrected chi connectivity index (χ4v) is 1.38. The summed E-state index contributed by atoms with van der Waals surface area (Å²) < 4.78 is 30.0.